The molecule has 1 aliphatic heterocycles. The lowest BCUT2D eigenvalue weighted by atomic mass is 9.96. The number of unbranched alkanes of at least 4 members (excludes halogenated alkanes) is 4. The van der Waals surface area contributed by atoms with Gasteiger partial charge in [0.1, 0.15) is 12.4 Å². The highest BCUT2D eigenvalue weighted by atomic mass is 16.5. The fourth-order valence-corrected chi connectivity index (χ4v) is 2.78. The van der Waals surface area contributed by atoms with Crippen molar-refractivity contribution in [3.8, 4) is 5.75 Å². The van der Waals surface area contributed by atoms with Gasteiger partial charge in [0, 0.05) is 13.0 Å². The lowest BCUT2D eigenvalue weighted by molar-refractivity contribution is -0.137. The van der Waals surface area contributed by atoms with E-state index >= 15 is 0 Å². The molecule has 0 radical (unpaired) electrons. The Kier molecular flexibility index (Phi) is 6.91. The van der Waals surface area contributed by atoms with Crippen molar-refractivity contribution in [3.05, 3.63) is 29.8 Å². The number of hydrogen-bond acceptors (Lipinski definition) is 3. The molecule has 0 spiro atoms. The molecule has 2 N–H and O–H groups in total. The molecule has 0 aliphatic carbocycles. The topological polar surface area (TPSA) is 75.6 Å². The van der Waals surface area contributed by atoms with Crippen molar-refractivity contribution < 1.29 is 19.4 Å². The first-order valence-electron chi connectivity index (χ1n) is 8.37. The summed E-state index contributed by atoms with van der Waals surface area (Å²) in [6.07, 6.45) is 5.63. The van der Waals surface area contributed by atoms with Crippen LogP contribution in [0.1, 0.15) is 44.1 Å². The minimum atomic E-state index is -0.728. The Morgan fingerprint density at radius 3 is 2.70 bits per heavy atom. The van der Waals surface area contributed by atoms with Gasteiger partial charge in [0.05, 0.1) is 5.92 Å². The molecule has 1 heterocycles. The van der Waals surface area contributed by atoms with Gasteiger partial charge in [-0.25, -0.2) is 0 Å². The molecule has 1 aromatic carbocycles. The number of carboxylic acid groups (broad SMARTS) is 1. The van der Waals surface area contributed by atoms with E-state index < -0.39 is 5.97 Å². The molecule has 126 valence electrons. The lowest BCUT2D eigenvalue weighted by Crippen LogP contribution is -2.37. The second kappa shape index (κ2) is 9.18. The SMILES string of the molecule is O=C(O)CCCCCCCNC(=O)C1COc2ccccc2C1. The Balaban J connectivity index is 1.56. The first-order chi connectivity index (χ1) is 11.2. The second-order valence-corrected chi connectivity index (χ2v) is 6.02. The minimum Gasteiger partial charge on any atom is -0.492 e. The number of carbonyl (C=O) groups is 2. The molecule has 0 saturated heterocycles. The zero-order chi connectivity index (χ0) is 16.5. The van der Waals surface area contributed by atoms with E-state index in [2.05, 4.69) is 5.32 Å². The van der Waals surface area contributed by atoms with E-state index in [-0.39, 0.29) is 18.2 Å². The maximum Gasteiger partial charge on any atom is 0.303 e. The summed E-state index contributed by atoms with van der Waals surface area (Å²) in [5, 5.41) is 11.5. The minimum absolute atomic E-state index is 0.0605. The van der Waals surface area contributed by atoms with Crippen LogP contribution < -0.4 is 10.1 Å². The molecule has 5 heteroatoms. The van der Waals surface area contributed by atoms with Crippen LogP contribution in [0.5, 0.6) is 5.75 Å². The van der Waals surface area contributed by atoms with E-state index in [1.54, 1.807) is 0 Å². The summed E-state index contributed by atoms with van der Waals surface area (Å²) in [5.41, 5.74) is 1.09. The van der Waals surface area contributed by atoms with Crippen LogP contribution in [0.4, 0.5) is 0 Å². The third-order valence-electron chi connectivity index (χ3n) is 4.12. The van der Waals surface area contributed by atoms with Crippen molar-refractivity contribution in [2.24, 2.45) is 5.92 Å². The van der Waals surface area contributed by atoms with Gasteiger partial charge in [0.2, 0.25) is 5.91 Å². The lowest BCUT2D eigenvalue weighted by Gasteiger charge is -2.24. The van der Waals surface area contributed by atoms with Crippen molar-refractivity contribution in [3.63, 3.8) is 0 Å². The van der Waals surface area contributed by atoms with Gasteiger partial charge < -0.3 is 15.2 Å². The van der Waals surface area contributed by atoms with Crippen LogP contribution in [-0.4, -0.2) is 30.1 Å². The van der Waals surface area contributed by atoms with E-state index in [4.69, 9.17) is 9.84 Å². The number of amides is 1. The highest BCUT2D eigenvalue weighted by Gasteiger charge is 2.25. The summed E-state index contributed by atoms with van der Waals surface area (Å²) >= 11 is 0. The van der Waals surface area contributed by atoms with Crippen molar-refractivity contribution in [2.75, 3.05) is 13.2 Å². The molecule has 1 unspecified atom stereocenters. The number of ether oxygens (including phenoxy) is 1. The maximum absolute atomic E-state index is 12.2. The number of benzene rings is 1. The number of rotatable bonds is 9. The van der Waals surface area contributed by atoms with Gasteiger partial charge >= 0.3 is 5.97 Å². The summed E-state index contributed by atoms with van der Waals surface area (Å²) in [7, 11) is 0. The first kappa shape index (κ1) is 17.3. The van der Waals surface area contributed by atoms with Gasteiger partial charge in [0.15, 0.2) is 0 Å². The number of carbonyl (C=O) groups excluding carboxylic acids is 1. The molecule has 0 aromatic heterocycles. The molecular formula is C18H25NO4. The quantitative estimate of drug-likeness (QED) is 0.686. The van der Waals surface area contributed by atoms with Crippen LogP contribution >= 0.6 is 0 Å². The van der Waals surface area contributed by atoms with Crippen molar-refractivity contribution >= 4 is 11.9 Å². The smallest absolute Gasteiger partial charge is 0.303 e. The Labute approximate surface area is 137 Å². The van der Waals surface area contributed by atoms with Crippen LogP contribution in [0.2, 0.25) is 0 Å². The van der Waals surface area contributed by atoms with Crippen LogP contribution in [-0.2, 0) is 16.0 Å². The molecular weight excluding hydrogens is 294 g/mol. The number of nitrogens with one attached hydrogen (secondary N) is 1. The Bertz CT molecular complexity index is 530. The maximum atomic E-state index is 12.2. The van der Waals surface area contributed by atoms with Gasteiger partial charge in [-0.3, -0.25) is 9.59 Å². The number of aliphatic carboxylic acids is 1. The molecule has 23 heavy (non-hydrogen) atoms. The fraction of sp³-hybridized carbons (Fsp3) is 0.556. The summed E-state index contributed by atoms with van der Waals surface area (Å²) in [6.45, 7) is 1.12. The van der Waals surface area contributed by atoms with E-state index in [1.807, 2.05) is 24.3 Å². The van der Waals surface area contributed by atoms with Gasteiger partial charge in [-0.15, -0.1) is 0 Å². The zero-order valence-corrected chi connectivity index (χ0v) is 13.4. The number of para-hydroxylation sites is 1. The zero-order valence-electron chi connectivity index (χ0n) is 13.4. The summed E-state index contributed by atoms with van der Waals surface area (Å²) < 4.78 is 5.64. The molecule has 1 aromatic rings. The second-order valence-electron chi connectivity index (χ2n) is 6.02. The highest BCUT2D eigenvalue weighted by molar-refractivity contribution is 5.79. The Morgan fingerprint density at radius 2 is 1.87 bits per heavy atom. The van der Waals surface area contributed by atoms with Gasteiger partial charge in [0.25, 0.3) is 0 Å². The number of carboxylic acids is 1. The molecule has 0 saturated carbocycles. The van der Waals surface area contributed by atoms with E-state index in [1.165, 1.54) is 0 Å². The largest absolute Gasteiger partial charge is 0.492 e. The third-order valence-corrected chi connectivity index (χ3v) is 4.12. The molecule has 1 atom stereocenters. The molecule has 1 amide bonds. The molecule has 1 aliphatic rings. The fourth-order valence-electron chi connectivity index (χ4n) is 2.78. The van der Waals surface area contributed by atoms with E-state index in [0.29, 0.717) is 13.2 Å². The van der Waals surface area contributed by atoms with Gasteiger partial charge in [-0.05, 0) is 30.9 Å². The van der Waals surface area contributed by atoms with Gasteiger partial charge in [-0.2, -0.15) is 0 Å². The highest BCUT2D eigenvalue weighted by Crippen LogP contribution is 2.26. The first-order valence-corrected chi connectivity index (χ1v) is 8.37. The predicted octanol–water partition coefficient (Wildman–Crippen LogP) is 2.78. The Hall–Kier alpha value is -2.04. The summed E-state index contributed by atoms with van der Waals surface area (Å²) in [4.78, 5) is 22.5. The standard InChI is InChI=1S/C18H25NO4/c20-17(21)10-4-2-1-3-7-11-19-18(22)15-12-14-8-5-6-9-16(14)23-13-15/h5-6,8-9,15H,1-4,7,10-13H2,(H,19,22)(H,20,21). The van der Waals surface area contributed by atoms with Crippen molar-refractivity contribution in [1.29, 1.82) is 0 Å². The summed E-state index contributed by atoms with van der Waals surface area (Å²) in [5.74, 6) is 0.109. The summed E-state index contributed by atoms with van der Waals surface area (Å²) in [6, 6.07) is 7.85. The Morgan fingerprint density at radius 1 is 1.13 bits per heavy atom. The average molecular weight is 319 g/mol. The van der Waals surface area contributed by atoms with Crippen LogP contribution in [0.3, 0.4) is 0 Å². The predicted molar refractivity (Wildman–Crippen MR) is 87.5 cm³/mol. The van der Waals surface area contributed by atoms with Crippen LogP contribution in [0.25, 0.3) is 0 Å². The normalized spacial score (nSPS) is 16.3. The monoisotopic (exact) mass is 319 g/mol. The number of fused-ring (bicyclic) bond motifs is 1. The van der Waals surface area contributed by atoms with E-state index in [9.17, 15) is 9.59 Å². The third kappa shape index (κ3) is 5.93. The average Bonchev–Trinajstić information content (AvgIpc) is 2.56. The van der Waals surface area contributed by atoms with Crippen LogP contribution in [0.15, 0.2) is 24.3 Å². The van der Waals surface area contributed by atoms with Gasteiger partial charge in [-0.1, -0.05) is 37.5 Å². The van der Waals surface area contributed by atoms with Crippen molar-refractivity contribution in [1.82, 2.24) is 5.32 Å². The molecule has 0 bridgehead atoms. The van der Waals surface area contributed by atoms with E-state index in [0.717, 1.165) is 49.8 Å². The molecule has 0 fully saturated rings. The molecule has 2 rings (SSSR count). The molecule has 5 nitrogen and oxygen atoms in total. The van der Waals surface area contributed by atoms with Crippen molar-refractivity contribution in [2.45, 2.75) is 44.9 Å². The van der Waals surface area contributed by atoms with Crippen LogP contribution in [0, 0.1) is 5.92 Å². The number of hydrogen-bond donors (Lipinski definition) is 2.